The molecule has 0 aromatic heterocycles. The molecular formula is C10H12F6O7. The molecule has 0 bridgehead atoms. The van der Waals surface area contributed by atoms with Crippen LogP contribution in [0.1, 0.15) is 0 Å². The predicted molar refractivity (Wildman–Crippen MR) is 57.5 cm³/mol. The molecule has 23 heavy (non-hydrogen) atoms. The SMILES string of the molecule is FCOC(OCF)=C(OCF)OC(OCF)=C(OCF)OCF. The first kappa shape index (κ1) is 20.7. The summed E-state index contributed by atoms with van der Waals surface area (Å²) >= 11 is 0. The molecule has 0 saturated heterocycles. The van der Waals surface area contributed by atoms with Gasteiger partial charge in [-0.15, -0.1) is 0 Å². The molecule has 0 rings (SSSR count). The molecule has 136 valence electrons. The third-order valence-electron chi connectivity index (χ3n) is 1.63. The van der Waals surface area contributed by atoms with Crippen LogP contribution in [-0.2, 0) is 33.2 Å². The fraction of sp³-hybridized carbons (Fsp3) is 0.600. The Labute approximate surface area is 125 Å². The van der Waals surface area contributed by atoms with Gasteiger partial charge in [-0.25, -0.2) is 26.3 Å². The highest BCUT2D eigenvalue weighted by molar-refractivity contribution is 4.95. The molecule has 0 heterocycles. The first-order valence-corrected chi connectivity index (χ1v) is 5.47. The normalized spacial score (nSPS) is 9.48. The lowest BCUT2D eigenvalue weighted by atomic mass is 10.8. The zero-order valence-electron chi connectivity index (χ0n) is 11.4. The van der Waals surface area contributed by atoms with E-state index in [1.807, 2.05) is 0 Å². The molecule has 7 nitrogen and oxygen atoms in total. The summed E-state index contributed by atoms with van der Waals surface area (Å²) in [6.45, 7) is -9.52. The number of hydrogen-bond acceptors (Lipinski definition) is 7. The summed E-state index contributed by atoms with van der Waals surface area (Å²) in [5, 5.41) is 0. The van der Waals surface area contributed by atoms with Crippen molar-refractivity contribution >= 4 is 0 Å². The maximum absolute atomic E-state index is 12.3. The van der Waals surface area contributed by atoms with Crippen LogP contribution in [0, 0.1) is 0 Å². The van der Waals surface area contributed by atoms with Crippen molar-refractivity contribution in [2.24, 2.45) is 0 Å². The third-order valence-corrected chi connectivity index (χ3v) is 1.63. The molecule has 0 aliphatic rings. The summed E-state index contributed by atoms with van der Waals surface area (Å²) < 4.78 is 102. The second-order valence-corrected chi connectivity index (χ2v) is 2.77. The quantitative estimate of drug-likeness (QED) is 0.349. The first-order chi connectivity index (χ1) is 11.2. The summed E-state index contributed by atoms with van der Waals surface area (Å²) in [6.07, 6.45) is 0. The van der Waals surface area contributed by atoms with Crippen LogP contribution in [-0.4, -0.2) is 41.2 Å². The molecule has 0 saturated carbocycles. The lowest BCUT2D eigenvalue weighted by Gasteiger charge is -2.16. The predicted octanol–water partition coefficient (Wildman–Crippen LogP) is 2.92. The van der Waals surface area contributed by atoms with Gasteiger partial charge in [0.2, 0.25) is 41.2 Å². The summed E-state index contributed by atoms with van der Waals surface area (Å²) in [5.74, 6) is -4.69. The molecule has 0 aromatic rings. The van der Waals surface area contributed by atoms with Crippen molar-refractivity contribution in [1.29, 1.82) is 0 Å². The minimum absolute atomic E-state index is 1.15. The van der Waals surface area contributed by atoms with Crippen LogP contribution in [0.4, 0.5) is 26.3 Å². The second kappa shape index (κ2) is 13.3. The van der Waals surface area contributed by atoms with Gasteiger partial charge in [-0.2, -0.15) is 0 Å². The number of ether oxygens (including phenoxy) is 7. The van der Waals surface area contributed by atoms with Crippen molar-refractivity contribution in [3.8, 4) is 0 Å². The molecule has 0 N–H and O–H groups in total. The van der Waals surface area contributed by atoms with Crippen LogP contribution in [0.2, 0.25) is 0 Å². The Balaban J connectivity index is 5.57. The van der Waals surface area contributed by atoms with Crippen molar-refractivity contribution in [2.75, 3.05) is 41.2 Å². The smallest absolute Gasteiger partial charge is 0.374 e. The van der Waals surface area contributed by atoms with Gasteiger partial charge in [-0.05, 0) is 0 Å². The topological polar surface area (TPSA) is 64.6 Å². The fourth-order valence-corrected chi connectivity index (χ4v) is 0.961. The molecule has 0 aromatic carbocycles. The highest BCUT2D eigenvalue weighted by Gasteiger charge is 2.23. The number of rotatable bonds is 14. The van der Waals surface area contributed by atoms with Crippen LogP contribution >= 0.6 is 0 Å². The monoisotopic (exact) mass is 358 g/mol. The Morgan fingerprint density at radius 3 is 0.826 bits per heavy atom. The largest absolute Gasteiger partial charge is 0.428 e. The van der Waals surface area contributed by atoms with Gasteiger partial charge in [0, 0.05) is 0 Å². The lowest BCUT2D eigenvalue weighted by molar-refractivity contribution is -0.120. The molecular weight excluding hydrogens is 346 g/mol. The van der Waals surface area contributed by atoms with Gasteiger partial charge in [0.05, 0.1) is 0 Å². The van der Waals surface area contributed by atoms with E-state index in [9.17, 15) is 26.3 Å². The van der Waals surface area contributed by atoms with Gasteiger partial charge in [0.25, 0.3) is 0 Å². The van der Waals surface area contributed by atoms with E-state index in [4.69, 9.17) is 0 Å². The Morgan fingerprint density at radius 2 is 0.609 bits per heavy atom. The lowest BCUT2D eigenvalue weighted by Crippen LogP contribution is -2.12. The maximum Gasteiger partial charge on any atom is 0.374 e. The van der Waals surface area contributed by atoms with Crippen molar-refractivity contribution in [2.45, 2.75) is 0 Å². The van der Waals surface area contributed by atoms with E-state index in [0.29, 0.717) is 0 Å². The molecule has 0 fully saturated rings. The number of hydrogen-bond donors (Lipinski definition) is 0. The average molecular weight is 358 g/mol. The van der Waals surface area contributed by atoms with Crippen molar-refractivity contribution in [3.05, 3.63) is 23.8 Å². The molecule has 0 aliphatic heterocycles. The van der Waals surface area contributed by atoms with Gasteiger partial charge in [-0.3, -0.25) is 0 Å². The van der Waals surface area contributed by atoms with E-state index in [-0.39, 0.29) is 0 Å². The van der Waals surface area contributed by atoms with Gasteiger partial charge in [-0.1, -0.05) is 0 Å². The summed E-state index contributed by atoms with van der Waals surface area (Å²) in [5.41, 5.74) is 0. The maximum atomic E-state index is 12.3. The summed E-state index contributed by atoms with van der Waals surface area (Å²) in [7, 11) is 0. The molecule has 0 amide bonds. The van der Waals surface area contributed by atoms with E-state index < -0.39 is 64.9 Å². The molecule has 0 aliphatic carbocycles. The van der Waals surface area contributed by atoms with E-state index >= 15 is 0 Å². The number of alkyl halides is 6. The van der Waals surface area contributed by atoms with Gasteiger partial charge < -0.3 is 33.2 Å². The van der Waals surface area contributed by atoms with Crippen LogP contribution in [0.5, 0.6) is 0 Å². The van der Waals surface area contributed by atoms with Gasteiger partial charge >= 0.3 is 23.8 Å². The Bertz CT molecular complexity index is 329. The number of halogens is 6. The molecule has 0 radical (unpaired) electrons. The molecule has 0 unspecified atom stereocenters. The van der Waals surface area contributed by atoms with Gasteiger partial charge in [0.15, 0.2) is 0 Å². The highest BCUT2D eigenvalue weighted by atomic mass is 19.2. The van der Waals surface area contributed by atoms with Crippen molar-refractivity contribution in [3.63, 3.8) is 0 Å². The minimum atomic E-state index is -1.61. The van der Waals surface area contributed by atoms with Gasteiger partial charge in [0.1, 0.15) is 0 Å². The zero-order chi connectivity index (χ0) is 17.5. The van der Waals surface area contributed by atoms with E-state index in [0.717, 1.165) is 0 Å². The van der Waals surface area contributed by atoms with Crippen LogP contribution in [0.25, 0.3) is 0 Å². The zero-order valence-corrected chi connectivity index (χ0v) is 11.4. The Hall–Kier alpha value is -2.34. The van der Waals surface area contributed by atoms with Crippen LogP contribution < -0.4 is 0 Å². The molecule has 0 spiro atoms. The van der Waals surface area contributed by atoms with Crippen molar-refractivity contribution in [1.82, 2.24) is 0 Å². The molecule has 0 atom stereocenters. The van der Waals surface area contributed by atoms with E-state index in [1.54, 1.807) is 0 Å². The van der Waals surface area contributed by atoms with Crippen LogP contribution in [0.15, 0.2) is 23.8 Å². The summed E-state index contributed by atoms with van der Waals surface area (Å²) in [4.78, 5) is 0. The molecule has 13 heteroatoms. The second-order valence-electron chi connectivity index (χ2n) is 2.77. The van der Waals surface area contributed by atoms with E-state index in [1.165, 1.54) is 0 Å². The first-order valence-electron chi connectivity index (χ1n) is 5.47. The van der Waals surface area contributed by atoms with Crippen molar-refractivity contribution < 1.29 is 59.5 Å². The van der Waals surface area contributed by atoms with E-state index in [2.05, 4.69) is 33.2 Å². The highest BCUT2D eigenvalue weighted by Crippen LogP contribution is 2.21. The average Bonchev–Trinajstić information content (AvgIpc) is 2.53. The minimum Gasteiger partial charge on any atom is -0.428 e. The van der Waals surface area contributed by atoms with Crippen LogP contribution in [0.3, 0.4) is 0 Å². The Kier molecular flexibility index (Phi) is 12.0. The third kappa shape index (κ3) is 8.01. The summed E-state index contributed by atoms with van der Waals surface area (Å²) in [6, 6.07) is 0. The Morgan fingerprint density at radius 1 is 0.391 bits per heavy atom. The standard InChI is InChI=1S/C10H12F6O7/c11-1-17-7(18-2-12)9(21-5-15)23-10(22-6-16)8(19-3-13)20-4-14/h1-6H2. The fourth-order valence-electron chi connectivity index (χ4n) is 0.961.